The summed E-state index contributed by atoms with van der Waals surface area (Å²) in [5, 5.41) is 9.88. The molecule has 2 aromatic carbocycles. The summed E-state index contributed by atoms with van der Waals surface area (Å²) in [6, 6.07) is 14.2. The molecule has 0 spiro atoms. The van der Waals surface area contributed by atoms with Crippen LogP contribution >= 0.6 is 0 Å². The zero-order chi connectivity index (χ0) is 15.3. The standard InChI is InChI=1S/C18H13FO3/c19-15-7-10(13-9-14(13)18(20)21)5-6-12(15)17-8-11-3-1-2-4-16(11)22-17/h1-8,13-14H,9H2,(H,20,21). The van der Waals surface area contributed by atoms with E-state index in [1.807, 2.05) is 30.3 Å². The number of furan rings is 1. The van der Waals surface area contributed by atoms with Gasteiger partial charge in [-0.1, -0.05) is 24.3 Å². The van der Waals surface area contributed by atoms with Crippen LogP contribution in [0.15, 0.2) is 52.9 Å². The minimum Gasteiger partial charge on any atom is -0.481 e. The third-order valence-corrected chi connectivity index (χ3v) is 4.22. The molecule has 110 valence electrons. The van der Waals surface area contributed by atoms with Crippen molar-refractivity contribution in [2.24, 2.45) is 5.92 Å². The molecule has 1 heterocycles. The van der Waals surface area contributed by atoms with Crippen molar-refractivity contribution < 1.29 is 18.7 Å². The topological polar surface area (TPSA) is 50.4 Å². The molecule has 1 saturated carbocycles. The summed E-state index contributed by atoms with van der Waals surface area (Å²) in [6.07, 6.45) is 0.582. The molecule has 4 rings (SSSR count). The average molecular weight is 296 g/mol. The SMILES string of the molecule is O=C(O)C1CC1c1ccc(-c2cc3ccccc3o2)c(F)c1. The van der Waals surface area contributed by atoms with E-state index < -0.39 is 5.97 Å². The molecule has 1 aromatic heterocycles. The van der Waals surface area contributed by atoms with E-state index in [-0.39, 0.29) is 17.7 Å². The van der Waals surface area contributed by atoms with Crippen LogP contribution in [0.2, 0.25) is 0 Å². The minimum atomic E-state index is -0.813. The molecule has 3 aromatic rings. The van der Waals surface area contributed by atoms with Gasteiger partial charge in [0.1, 0.15) is 17.2 Å². The molecule has 0 amide bonds. The second kappa shape index (κ2) is 4.70. The molecule has 0 aliphatic heterocycles. The summed E-state index contributed by atoms with van der Waals surface area (Å²) < 4.78 is 20.0. The maximum atomic E-state index is 14.4. The van der Waals surface area contributed by atoms with Crippen LogP contribution in [0.5, 0.6) is 0 Å². The number of carboxylic acids is 1. The van der Waals surface area contributed by atoms with Crippen molar-refractivity contribution in [2.75, 3.05) is 0 Å². The van der Waals surface area contributed by atoms with Crippen LogP contribution in [-0.2, 0) is 4.79 Å². The van der Waals surface area contributed by atoms with E-state index in [4.69, 9.17) is 9.52 Å². The molecule has 1 fully saturated rings. The lowest BCUT2D eigenvalue weighted by atomic mass is 10.0. The lowest BCUT2D eigenvalue weighted by molar-refractivity contribution is -0.138. The van der Waals surface area contributed by atoms with E-state index in [9.17, 15) is 9.18 Å². The Kier molecular flexibility index (Phi) is 2.79. The number of benzene rings is 2. The third-order valence-electron chi connectivity index (χ3n) is 4.22. The Balaban J connectivity index is 1.69. The van der Waals surface area contributed by atoms with Crippen molar-refractivity contribution in [2.45, 2.75) is 12.3 Å². The second-order valence-electron chi connectivity index (χ2n) is 5.67. The van der Waals surface area contributed by atoms with Gasteiger partial charge in [-0.25, -0.2) is 4.39 Å². The van der Waals surface area contributed by atoms with E-state index in [1.54, 1.807) is 12.1 Å². The average Bonchev–Trinajstić information content (AvgIpc) is 3.20. The molecule has 2 unspecified atom stereocenters. The van der Waals surface area contributed by atoms with Gasteiger partial charge in [0.25, 0.3) is 0 Å². The Morgan fingerprint density at radius 1 is 1.18 bits per heavy atom. The van der Waals surface area contributed by atoms with Gasteiger partial charge in [-0.2, -0.15) is 0 Å². The second-order valence-corrected chi connectivity index (χ2v) is 5.67. The Bertz CT molecular complexity index is 848. The highest BCUT2D eigenvalue weighted by molar-refractivity contribution is 5.83. The highest BCUT2D eigenvalue weighted by atomic mass is 19.1. The maximum Gasteiger partial charge on any atom is 0.307 e. The number of aliphatic carboxylic acids is 1. The van der Waals surface area contributed by atoms with Crippen LogP contribution < -0.4 is 0 Å². The first-order chi connectivity index (χ1) is 10.6. The van der Waals surface area contributed by atoms with Crippen LogP contribution in [-0.4, -0.2) is 11.1 Å². The number of carbonyl (C=O) groups is 1. The largest absolute Gasteiger partial charge is 0.481 e. The predicted octanol–water partition coefficient (Wildman–Crippen LogP) is 4.43. The zero-order valence-electron chi connectivity index (χ0n) is 11.6. The number of fused-ring (bicyclic) bond motifs is 1. The predicted molar refractivity (Wildman–Crippen MR) is 80.1 cm³/mol. The van der Waals surface area contributed by atoms with Gasteiger partial charge < -0.3 is 9.52 Å². The highest BCUT2D eigenvalue weighted by Gasteiger charge is 2.44. The Morgan fingerprint density at radius 3 is 2.68 bits per heavy atom. The molecular formula is C18H13FO3. The van der Waals surface area contributed by atoms with Crippen LogP contribution in [0.1, 0.15) is 17.9 Å². The van der Waals surface area contributed by atoms with Gasteiger partial charge in [0.15, 0.2) is 0 Å². The molecule has 0 saturated heterocycles. The van der Waals surface area contributed by atoms with E-state index in [0.717, 1.165) is 10.9 Å². The molecule has 1 aliphatic carbocycles. The number of halogens is 1. The summed E-state index contributed by atoms with van der Waals surface area (Å²) in [4.78, 5) is 10.9. The summed E-state index contributed by atoms with van der Waals surface area (Å²) in [7, 11) is 0. The molecule has 0 bridgehead atoms. The molecule has 1 aliphatic rings. The molecule has 4 heteroatoms. The third kappa shape index (κ3) is 2.08. The van der Waals surface area contributed by atoms with Gasteiger partial charge in [-0.15, -0.1) is 0 Å². The van der Waals surface area contributed by atoms with Gasteiger partial charge in [0, 0.05) is 5.39 Å². The van der Waals surface area contributed by atoms with Crippen molar-refractivity contribution in [1.82, 2.24) is 0 Å². The van der Waals surface area contributed by atoms with E-state index in [1.165, 1.54) is 6.07 Å². The Hall–Kier alpha value is -2.62. The van der Waals surface area contributed by atoms with Crippen molar-refractivity contribution in [3.63, 3.8) is 0 Å². The summed E-state index contributed by atoms with van der Waals surface area (Å²) in [5.41, 5.74) is 1.85. The molecule has 3 nitrogen and oxygen atoms in total. The Labute approximate surface area is 126 Å². The van der Waals surface area contributed by atoms with E-state index in [0.29, 0.717) is 23.3 Å². The normalized spacial score (nSPS) is 20.2. The fourth-order valence-corrected chi connectivity index (χ4v) is 2.91. The number of rotatable bonds is 3. The van der Waals surface area contributed by atoms with Gasteiger partial charge in [-0.05, 0) is 42.2 Å². The van der Waals surface area contributed by atoms with Gasteiger partial charge in [0.2, 0.25) is 0 Å². The molecule has 1 N–H and O–H groups in total. The smallest absolute Gasteiger partial charge is 0.307 e. The lowest BCUT2D eigenvalue weighted by Crippen LogP contribution is -1.99. The van der Waals surface area contributed by atoms with Crippen LogP contribution in [0.25, 0.3) is 22.3 Å². The number of carboxylic acid groups (broad SMARTS) is 1. The van der Waals surface area contributed by atoms with Crippen molar-refractivity contribution in [3.8, 4) is 11.3 Å². The molecule has 0 radical (unpaired) electrons. The fourth-order valence-electron chi connectivity index (χ4n) is 2.91. The first kappa shape index (κ1) is 13.1. The van der Waals surface area contributed by atoms with Crippen LogP contribution in [0.4, 0.5) is 4.39 Å². The number of hydrogen-bond acceptors (Lipinski definition) is 2. The van der Waals surface area contributed by atoms with Crippen LogP contribution in [0.3, 0.4) is 0 Å². The summed E-state index contributed by atoms with van der Waals surface area (Å²) in [5.74, 6) is -1.16. The minimum absolute atomic E-state index is 0.0725. The van der Waals surface area contributed by atoms with Crippen LogP contribution in [0, 0.1) is 11.7 Å². The highest BCUT2D eigenvalue weighted by Crippen LogP contribution is 2.48. The summed E-state index contributed by atoms with van der Waals surface area (Å²) in [6.45, 7) is 0. The van der Waals surface area contributed by atoms with Crippen molar-refractivity contribution in [1.29, 1.82) is 0 Å². The zero-order valence-corrected chi connectivity index (χ0v) is 11.6. The monoisotopic (exact) mass is 296 g/mol. The Morgan fingerprint density at radius 2 is 2.00 bits per heavy atom. The van der Waals surface area contributed by atoms with Gasteiger partial charge >= 0.3 is 5.97 Å². The lowest BCUT2D eigenvalue weighted by Gasteiger charge is -2.03. The van der Waals surface area contributed by atoms with E-state index >= 15 is 0 Å². The molecule has 2 atom stereocenters. The first-order valence-electron chi connectivity index (χ1n) is 7.14. The van der Waals surface area contributed by atoms with Crippen molar-refractivity contribution in [3.05, 3.63) is 59.9 Å². The van der Waals surface area contributed by atoms with Gasteiger partial charge in [-0.3, -0.25) is 4.79 Å². The molecule has 22 heavy (non-hydrogen) atoms. The number of hydrogen-bond donors (Lipinski definition) is 1. The maximum absolute atomic E-state index is 14.4. The fraction of sp³-hybridized carbons (Fsp3) is 0.167. The van der Waals surface area contributed by atoms with Crippen molar-refractivity contribution >= 4 is 16.9 Å². The molecular weight excluding hydrogens is 283 g/mol. The number of para-hydroxylation sites is 1. The summed E-state index contributed by atoms with van der Waals surface area (Å²) >= 11 is 0. The van der Waals surface area contributed by atoms with Gasteiger partial charge in [0.05, 0.1) is 11.5 Å². The quantitative estimate of drug-likeness (QED) is 0.778. The van der Waals surface area contributed by atoms with E-state index in [2.05, 4.69) is 0 Å². The first-order valence-corrected chi connectivity index (χ1v) is 7.14.